The van der Waals surface area contributed by atoms with Gasteiger partial charge in [-0.1, -0.05) is 18.2 Å². The molecule has 0 unspecified atom stereocenters. The third-order valence-corrected chi connectivity index (χ3v) is 4.05. The van der Waals surface area contributed by atoms with Crippen molar-refractivity contribution < 1.29 is 14.3 Å². The van der Waals surface area contributed by atoms with E-state index in [0.717, 1.165) is 22.4 Å². The summed E-state index contributed by atoms with van der Waals surface area (Å²) in [4.78, 5) is 28.3. The molecule has 3 rings (SSSR count). The molecule has 5 nitrogen and oxygen atoms in total. The molecule has 0 atom stereocenters. The third-order valence-electron chi connectivity index (χ3n) is 4.05. The van der Waals surface area contributed by atoms with Gasteiger partial charge in [0.05, 0.1) is 30.1 Å². The molecule has 0 aliphatic carbocycles. The summed E-state index contributed by atoms with van der Waals surface area (Å²) in [5, 5.41) is 9.07. The second kappa shape index (κ2) is 7.58. The molecule has 2 aromatic carbocycles. The van der Waals surface area contributed by atoms with Crippen LogP contribution in [0.25, 0.3) is 6.08 Å². The highest BCUT2D eigenvalue weighted by Gasteiger charge is 2.18. The van der Waals surface area contributed by atoms with E-state index in [4.69, 9.17) is 5.26 Å². The SMILES string of the molecule is COC(=O)/C=C/c1ccc2c(c1)CC(=O)CC(c1cccc(C#N)c1)=N2. The van der Waals surface area contributed by atoms with Crippen LogP contribution in [0.2, 0.25) is 0 Å². The number of nitrogens with zero attached hydrogens (tertiary/aromatic N) is 2. The van der Waals surface area contributed by atoms with Crippen LogP contribution in [0.5, 0.6) is 0 Å². The molecule has 5 heteroatoms. The van der Waals surface area contributed by atoms with Crippen molar-refractivity contribution in [3.63, 3.8) is 0 Å². The average molecular weight is 344 g/mol. The largest absolute Gasteiger partial charge is 0.466 e. The molecule has 0 saturated carbocycles. The Kier molecular flexibility index (Phi) is 5.04. The Balaban J connectivity index is 1.98. The minimum atomic E-state index is -0.436. The molecule has 0 spiro atoms. The topological polar surface area (TPSA) is 79.5 Å². The highest BCUT2D eigenvalue weighted by molar-refractivity contribution is 6.13. The van der Waals surface area contributed by atoms with Crippen LogP contribution in [0.3, 0.4) is 0 Å². The fourth-order valence-corrected chi connectivity index (χ4v) is 2.77. The fraction of sp³-hybridized carbons (Fsp3) is 0.143. The Morgan fingerprint density at radius 3 is 2.85 bits per heavy atom. The van der Waals surface area contributed by atoms with Gasteiger partial charge in [0, 0.05) is 18.9 Å². The van der Waals surface area contributed by atoms with Gasteiger partial charge in [-0.3, -0.25) is 9.79 Å². The Morgan fingerprint density at radius 2 is 2.08 bits per heavy atom. The molecule has 0 aromatic heterocycles. The van der Waals surface area contributed by atoms with Crippen molar-refractivity contribution in [1.82, 2.24) is 0 Å². The van der Waals surface area contributed by atoms with Crippen LogP contribution in [0.4, 0.5) is 5.69 Å². The number of carbonyl (C=O) groups is 2. The highest BCUT2D eigenvalue weighted by Crippen LogP contribution is 2.27. The van der Waals surface area contributed by atoms with Gasteiger partial charge in [0.25, 0.3) is 0 Å². The van der Waals surface area contributed by atoms with Crippen LogP contribution in [0, 0.1) is 11.3 Å². The van der Waals surface area contributed by atoms with Crippen molar-refractivity contribution in [3.05, 3.63) is 70.8 Å². The summed E-state index contributed by atoms with van der Waals surface area (Å²) >= 11 is 0. The molecule has 0 saturated heterocycles. The molecule has 0 radical (unpaired) electrons. The number of hydrogen-bond donors (Lipinski definition) is 0. The number of ether oxygens (including phenoxy) is 1. The van der Waals surface area contributed by atoms with Gasteiger partial charge < -0.3 is 4.74 Å². The molecule has 128 valence electrons. The number of hydrogen-bond acceptors (Lipinski definition) is 5. The van der Waals surface area contributed by atoms with Gasteiger partial charge in [0.15, 0.2) is 0 Å². The summed E-state index contributed by atoms with van der Waals surface area (Å²) < 4.78 is 4.58. The lowest BCUT2D eigenvalue weighted by Crippen LogP contribution is -2.09. The van der Waals surface area contributed by atoms with Crippen LogP contribution in [-0.2, 0) is 20.7 Å². The number of benzene rings is 2. The number of Topliss-reactive ketones (excluding diaryl/α,β-unsaturated/α-hetero) is 1. The van der Waals surface area contributed by atoms with Gasteiger partial charge in [-0.25, -0.2) is 4.79 Å². The molecule has 26 heavy (non-hydrogen) atoms. The van der Waals surface area contributed by atoms with E-state index in [9.17, 15) is 9.59 Å². The van der Waals surface area contributed by atoms with Gasteiger partial charge in [0.1, 0.15) is 5.78 Å². The zero-order valence-corrected chi connectivity index (χ0v) is 14.2. The smallest absolute Gasteiger partial charge is 0.330 e. The summed E-state index contributed by atoms with van der Waals surface area (Å²) in [6.45, 7) is 0. The highest BCUT2D eigenvalue weighted by atomic mass is 16.5. The number of ketones is 1. The van der Waals surface area contributed by atoms with Crippen molar-refractivity contribution in [2.45, 2.75) is 12.8 Å². The van der Waals surface area contributed by atoms with E-state index in [0.29, 0.717) is 11.3 Å². The number of esters is 1. The Hall–Kier alpha value is -3.52. The predicted octanol–water partition coefficient (Wildman–Crippen LogP) is 3.38. The zero-order valence-electron chi connectivity index (χ0n) is 14.2. The van der Waals surface area contributed by atoms with Crippen molar-refractivity contribution >= 4 is 29.2 Å². The van der Waals surface area contributed by atoms with E-state index in [1.165, 1.54) is 13.2 Å². The molecule has 2 aromatic rings. The minimum Gasteiger partial charge on any atom is -0.466 e. The normalized spacial score (nSPS) is 13.5. The van der Waals surface area contributed by atoms with Crippen molar-refractivity contribution in [1.29, 1.82) is 5.26 Å². The first-order valence-electron chi connectivity index (χ1n) is 8.08. The summed E-state index contributed by atoms with van der Waals surface area (Å²) in [6, 6.07) is 14.7. The summed E-state index contributed by atoms with van der Waals surface area (Å²) in [6.07, 6.45) is 3.47. The van der Waals surface area contributed by atoms with Gasteiger partial charge in [-0.15, -0.1) is 0 Å². The van der Waals surface area contributed by atoms with Crippen molar-refractivity contribution in [2.24, 2.45) is 4.99 Å². The maximum Gasteiger partial charge on any atom is 0.330 e. The molecular weight excluding hydrogens is 328 g/mol. The first-order valence-corrected chi connectivity index (χ1v) is 8.08. The number of nitriles is 1. The Bertz CT molecular complexity index is 981. The standard InChI is InChI=1S/C21H16N2O3/c1-26-21(25)8-6-14-5-7-19-17(9-14)11-18(24)12-20(23-19)16-4-2-3-15(10-16)13-22/h2-10H,11-12H2,1H3/b8-6+. The minimum absolute atomic E-state index is 0.0546. The number of carbonyl (C=O) groups excluding carboxylic acids is 2. The summed E-state index contributed by atoms with van der Waals surface area (Å²) in [5.41, 5.74) is 4.30. The van der Waals surface area contributed by atoms with E-state index in [2.05, 4.69) is 15.8 Å². The van der Waals surface area contributed by atoms with E-state index in [1.807, 2.05) is 24.3 Å². The van der Waals surface area contributed by atoms with Gasteiger partial charge in [-0.2, -0.15) is 5.26 Å². The fourth-order valence-electron chi connectivity index (χ4n) is 2.77. The van der Waals surface area contributed by atoms with Gasteiger partial charge in [0.2, 0.25) is 0 Å². The number of rotatable bonds is 3. The van der Waals surface area contributed by atoms with Crippen LogP contribution in [-0.4, -0.2) is 24.6 Å². The molecule has 1 aliphatic rings. The zero-order chi connectivity index (χ0) is 18.5. The molecule has 1 heterocycles. The van der Waals surface area contributed by atoms with Crippen molar-refractivity contribution in [2.75, 3.05) is 7.11 Å². The van der Waals surface area contributed by atoms with E-state index in [1.54, 1.807) is 24.3 Å². The van der Waals surface area contributed by atoms with Crippen molar-refractivity contribution in [3.8, 4) is 6.07 Å². The van der Waals surface area contributed by atoms with Crippen LogP contribution < -0.4 is 0 Å². The van der Waals surface area contributed by atoms with Crippen LogP contribution >= 0.6 is 0 Å². The number of aliphatic imine (C=N–C) groups is 1. The lowest BCUT2D eigenvalue weighted by atomic mass is 10.0. The quantitative estimate of drug-likeness (QED) is 0.631. The monoisotopic (exact) mass is 344 g/mol. The first kappa shape index (κ1) is 17.3. The van der Waals surface area contributed by atoms with E-state index >= 15 is 0 Å². The van der Waals surface area contributed by atoms with E-state index < -0.39 is 5.97 Å². The van der Waals surface area contributed by atoms with E-state index in [-0.39, 0.29) is 18.6 Å². The summed E-state index contributed by atoms with van der Waals surface area (Å²) in [5.74, 6) is -0.382. The second-order valence-corrected chi connectivity index (χ2v) is 5.89. The third kappa shape index (κ3) is 3.93. The number of methoxy groups -OCH3 is 1. The number of fused-ring (bicyclic) bond motifs is 1. The predicted molar refractivity (Wildman–Crippen MR) is 98.2 cm³/mol. The van der Waals surface area contributed by atoms with Crippen LogP contribution in [0.15, 0.2) is 53.5 Å². The molecule has 0 fully saturated rings. The molecule has 0 N–H and O–H groups in total. The van der Waals surface area contributed by atoms with Gasteiger partial charge in [-0.05, 0) is 47.0 Å². The maximum absolute atomic E-state index is 12.4. The second-order valence-electron chi connectivity index (χ2n) is 5.89. The maximum atomic E-state index is 12.4. The molecular formula is C21H16N2O3. The van der Waals surface area contributed by atoms with Crippen LogP contribution in [0.1, 0.15) is 28.7 Å². The average Bonchev–Trinajstić information content (AvgIpc) is 2.83. The first-order chi connectivity index (χ1) is 12.6. The molecule has 1 aliphatic heterocycles. The van der Waals surface area contributed by atoms with Gasteiger partial charge >= 0.3 is 5.97 Å². The summed E-state index contributed by atoms with van der Waals surface area (Å²) in [7, 11) is 1.32. The Labute approximate surface area is 151 Å². The lowest BCUT2D eigenvalue weighted by molar-refractivity contribution is -0.134. The lowest BCUT2D eigenvalue weighted by Gasteiger charge is -2.05. The molecule has 0 bridgehead atoms. The molecule has 0 amide bonds. The Morgan fingerprint density at radius 1 is 1.23 bits per heavy atom.